The van der Waals surface area contributed by atoms with E-state index in [-0.39, 0.29) is 24.6 Å². The number of primary amides is 1. The van der Waals surface area contributed by atoms with E-state index in [2.05, 4.69) is 48.7 Å². The molecular weight excluding hydrogens is 523 g/mol. The number of halogens is 1. The smallest absolute Gasteiger partial charge is 0.222 e. The van der Waals surface area contributed by atoms with Crippen molar-refractivity contribution in [3.8, 4) is 5.75 Å². The number of benzene rings is 2. The van der Waals surface area contributed by atoms with Crippen molar-refractivity contribution >= 4 is 18.1 Å². The fraction of sp³-hybridized carbons (Fsp3) is 0.531. The predicted octanol–water partition coefficient (Wildman–Crippen LogP) is 4.29. The molecule has 0 heterocycles. The van der Waals surface area contributed by atoms with Crippen LogP contribution in [-0.4, -0.2) is 69.4 Å². The summed E-state index contributed by atoms with van der Waals surface area (Å²) in [6, 6.07) is 14.3. The van der Waals surface area contributed by atoms with E-state index < -0.39 is 11.9 Å². The zero-order valence-electron chi connectivity index (χ0n) is 25.6. The molecule has 0 fully saturated rings. The number of nitrogens with two attached hydrogens (primary N) is 1. The maximum atomic E-state index is 13.4. The minimum absolute atomic E-state index is 0.174. The molecule has 2 aromatic carbocycles. The van der Waals surface area contributed by atoms with Crippen molar-refractivity contribution < 1.29 is 23.5 Å². The van der Waals surface area contributed by atoms with Gasteiger partial charge in [-0.25, -0.2) is 4.39 Å². The zero-order valence-corrected chi connectivity index (χ0v) is 25.6. The Bertz CT molecular complexity index is 971. The number of nitrogens with zero attached hydrogens (tertiary/aromatic N) is 1. The van der Waals surface area contributed by atoms with E-state index in [1.807, 2.05) is 26.1 Å². The molecule has 0 saturated heterocycles. The van der Waals surface area contributed by atoms with Crippen LogP contribution in [0, 0.1) is 5.82 Å². The molecule has 0 aliphatic rings. The molecule has 2 rings (SSSR count). The van der Waals surface area contributed by atoms with Gasteiger partial charge in [0.25, 0.3) is 0 Å². The highest BCUT2D eigenvalue weighted by molar-refractivity contribution is 5.83. The van der Waals surface area contributed by atoms with Crippen LogP contribution in [0.5, 0.6) is 5.75 Å². The number of aryl methyl sites for hydroxylation is 2. The lowest BCUT2D eigenvalue weighted by molar-refractivity contribution is -0.136. The third kappa shape index (κ3) is 19.4. The van der Waals surface area contributed by atoms with Gasteiger partial charge in [0.2, 0.25) is 11.8 Å². The Kier molecular flexibility index (Phi) is 22.5. The van der Waals surface area contributed by atoms with Gasteiger partial charge in [-0.2, -0.15) is 0 Å². The molecule has 0 bridgehead atoms. The average Bonchev–Trinajstić information content (AvgIpc) is 2.98. The van der Waals surface area contributed by atoms with Crippen LogP contribution >= 0.6 is 0 Å². The van der Waals surface area contributed by atoms with E-state index in [4.69, 9.17) is 10.5 Å². The number of rotatable bonds is 17. The summed E-state index contributed by atoms with van der Waals surface area (Å²) in [6.45, 7) is 9.87. The molecule has 0 aromatic heterocycles. The first-order valence-corrected chi connectivity index (χ1v) is 14.5. The quantitative estimate of drug-likeness (QED) is 0.192. The summed E-state index contributed by atoms with van der Waals surface area (Å²) < 4.78 is 19.0. The number of carbonyl (C=O) groups excluding carboxylic acids is 3. The fourth-order valence-electron chi connectivity index (χ4n) is 3.60. The van der Waals surface area contributed by atoms with Gasteiger partial charge in [-0.05, 0) is 69.0 Å². The first-order chi connectivity index (χ1) is 19.7. The number of ether oxygens (including phenoxy) is 1. The monoisotopic (exact) mass is 574 g/mol. The molecule has 2 amide bonds. The van der Waals surface area contributed by atoms with Crippen molar-refractivity contribution in [3.63, 3.8) is 0 Å². The van der Waals surface area contributed by atoms with Crippen LogP contribution in [0.3, 0.4) is 0 Å². The molecule has 230 valence electrons. The Balaban J connectivity index is 0.000000861. The van der Waals surface area contributed by atoms with Gasteiger partial charge in [-0.15, -0.1) is 0 Å². The van der Waals surface area contributed by atoms with E-state index >= 15 is 0 Å². The molecule has 2 aromatic rings. The lowest BCUT2D eigenvalue weighted by atomic mass is 10.1. The lowest BCUT2D eigenvalue weighted by Gasteiger charge is -2.22. The zero-order chi connectivity index (χ0) is 30.9. The Morgan fingerprint density at radius 1 is 1.00 bits per heavy atom. The molecule has 9 heteroatoms. The second-order valence-corrected chi connectivity index (χ2v) is 9.48. The van der Waals surface area contributed by atoms with Crippen LogP contribution in [0.1, 0.15) is 64.0 Å². The summed E-state index contributed by atoms with van der Waals surface area (Å²) in [6.07, 6.45) is 4.66. The van der Waals surface area contributed by atoms with Crippen molar-refractivity contribution in [1.82, 2.24) is 15.5 Å². The minimum atomic E-state index is -0.816. The van der Waals surface area contributed by atoms with Crippen LogP contribution in [0.4, 0.5) is 4.39 Å². The van der Waals surface area contributed by atoms with Crippen molar-refractivity contribution in [2.75, 3.05) is 40.3 Å². The number of hydrogen-bond acceptors (Lipinski definition) is 6. The van der Waals surface area contributed by atoms with Gasteiger partial charge in [-0.3, -0.25) is 9.59 Å². The summed E-state index contributed by atoms with van der Waals surface area (Å²) in [5.74, 6) is -0.629. The molecule has 0 radical (unpaired) electrons. The molecular formula is C32H51FN4O4. The maximum Gasteiger partial charge on any atom is 0.222 e. The summed E-state index contributed by atoms with van der Waals surface area (Å²) >= 11 is 0. The highest BCUT2D eigenvalue weighted by atomic mass is 19.1. The van der Waals surface area contributed by atoms with Crippen LogP contribution in [-0.2, 0) is 27.2 Å². The number of unbranched alkanes of at least 4 members (excludes halogenated alkanes) is 2. The number of aldehydes is 1. The van der Waals surface area contributed by atoms with Gasteiger partial charge in [-0.1, -0.05) is 51.1 Å². The predicted molar refractivity (Wildman–Crippen MR) is 164 cm³/mol. The Morgan fingerprint density at radius 2 is 1.68 bits per heavy atom. The lowest BCUT2D eigenvalue weighted by Crippen LogP contribution is -2.40. The molecule has 41 heavy (non-hydrogen) atoms. The SMILES string of the molecule is CCNCCNC.CCc1cc(F)cc(OCCCCCC(=O)N(C)C(C=O)CC(N)=O)c1.CCc1ccccc1. The fourth-order valence-corrected chi connectivity index (χ4v) is 3.60. The van der Waals surface area contributed by atoms with Gasteiger partial charge >= 0.3 is 0 Å². The Morgan fingerprint density at radius 3 is 2.22 bits per heavy atom. The summed E-state index contributed by atoms with van der Waals surface area (Å²) in [7, 11) is 3.44. The van der Waals surface area contributed by atoms with Crippen LogP contribution in [0.2, 0.25) is 0 Å². The average molecular weight is 575 g/mol. The van der Waals surface area contributed by atoms with Gasteiger partial charge in [0.1, 0.15) is 17.9 Å². The second-order valence-electron chi connectivity index (χ2n) is 9.48. The van der Waals surface area contributed by atoms with E-state index in [9.17, 15) is 18.8 Å². The minimum Gasteiger partial charge on any atom is -0.493 e. The van der Waals surface area contributed by atoms with Crippen molar-refractivity contribution in [2.24, 2.45) is 5.73 Å². The molecule has 0 saturated carbocycles. The molecule has 1 atom stereocenters. The number of amides is 2. The van der Waals surface area contributed by atoms with Crippen LogP contribution in [0.25, 0.3) is 0 Å². The summed E-state index contributed by atoms with van der Waals surface area (Å²) in [4.78, 5) is 35.1. The van der Waals surface area contributed by atoms with E-state index in [1.54, 1.807) is 0 Å². The standard InChI is InChI=1S/C19H27FN2O4.C8H10.C5H14N2/c1-3-14-9-15(20)11-17(10-14)26-8-6-4-5-7-19(25)22(2)16(13-23)12-18(21)24;1-2-8-6-4-3-5-7-8;1-3-7-5-4-6-2/h9-11,13,16H,3-8,12H2,1-2H3,(H2,21,24);3-7H,2H2,1H3;6-7H,3-5H2,1-2H3. The highest BCUT2D eigenvalue weighted by Gasteiger charge is 2.20. The second kappa shape index (κ2) is 24.5. The van der Waals surface area contributed by atoms with E-state index in [0.717, 1.165) is 50.9 Å². The third-order valence-electron chi connectivity index (χ3n) is 6.15. The molecule has 4 N–H and O–H groups in total. The highest BCUT2D eigenvalue weighted by Crippen LogP contribution is 2.17. The van der Waals surface area contributed by atoms with E-state index in [1.165, 1.54) is 29.6 Å². The number of nitrogens with one attached hydrogen (secondary N) is 2. The number of carbonyl (C=O) groups is 3. The third-order valence-corrected chi connectivity index (χ3v) is 6.15. The van der Waals surface area contributed by atoms with Gasteiger partial charge < -0.3 is 30.8 Å². The molecule has 0 spiro atoms. The summed E-state index contributed by atoms with van der Waals surface area (Å²) in [5, 5.41) is 6.23. The number of hydrogen-bond donors (Lipinski definition) is 3. The molecule has 8 nitrogen and oxygen atoms in total. The Hall–Kier alpha value is -3.30. The van der Waals surface area contributed by atoms with Gasteiger partial charge in [0.05, 0.1) is 19.1 Å². The normalized spacial score (nSPS) is 10.8. The number of likely N-dealkylation sites (N-methyl/N-ethyl adjacent to an activating group) is 3. The first-order valence-electron chi connectivity index (χ1n) is 14.5. The van der Waals surface area contributed by atoms with Crippen molar-refractivity contribution in [3.05, 3.63) is 65.5 Å². The Labute approximate surface area is 246 Å². The molecule has 1 unspecified atom stereocenters. The van der Waals surface area contributed by atoms with Gasteiger partial charge in [0.15, 0.2) is 0 Å². The largest absolute Gasteiger partial charge is 0.493 e. The van der Waals surface area contributed by atoms with Crippen molar-refractivity contribution in [1.29, 1.82) is 0 Å². The van der Waals surface area contributed by atoms with Crippen LogP contribution in [0.15, 0.2) is 48.5 Å². The summed E-state index contributed by atoms with van der Waals surface area (Å²) in [5.41, 5.74) is 7.36. The first kappa shape index (κ1) is 37.7. The van der Waals surface area contributed by atoms with Crippen molar-refractivity contribution in [2.45, 2.75) is 71.8 Å². The van der Waals surface area contributed by atoms with Gasteiger partial charge in [0, 0.05) is 32.6 Å². The topological polar surface area (TPSA) is 114 Å². The van der Waals surface area contributed by atoms with Crippen LogP contribution < -0.4 is 21.1 Å². The maximum absolute atomic E-state index is 13.4. The van der Waals surface area contributed by atoms with E-state index in [0.29, 0.717) is 25.1 Å². The molecule has 0 aliphatic carbocycles. The molecule has 0 aliphatic heterocycles.